The minimum Gasteiger partial charge on any atom is -0.481 e. The number of rotatable bonds is 1. The number of aromatic nitrogens is 1. The number of methoxy groups -OCH3 is 1. The number of ether oxygens (including phenoxy) is 1. The van der Waals surface area contributed by atoms with Gasteiger partial charge in [0.15, 0.2) is 5.78 Å². The summed E-state index contributed by atoms with van der Waals surface area (Å²) in [5.74, 6) is 0.675. The molecule has 0 saturated carbocycles. The molecule has 0 N–H and O–H groups in total. The van der Waals surface area contributed by atoms with Crippen LogP contribution < -0.4 is 4.74 Å². The predicted octanol–water partition coefficient (Wildman–Crippen LogP) is 3.76. The fourth-order valence-corrected chi connectivity index (χ4v) is 3.09. The van der Waals surface area contributed by atoms with Crippen molar-refractivity contribution in [2.75, 3.05) is 7.11 Å². The van der Waals surface area contributed by atoms with Gasteiger partial charge in [-0.3, -0.25) is 4.79 Å². The molecule has 0 amide bonds. The maximum absolute atomic E-state index is 12.7. The van der Waals surface area contributed by atoms with Crippen molar-refractivity contribution in [1.82, 2.24) is 4.98 Å². The van der Waals surface area contributed by atoms with Crippen molar-refractivity contribution < 1.29 is 9.53 Å². The Morgan fingerprint density at radius 1 is 0.952 bits per heavy atom. The molecule has 1 aliphatic carbocycles. The number of pyridine rings is 1. The van der Waals surface area contributed by atoms with Crippen molar-refractivity contribution in [2.24, 2.45) is 0 Å². The molecule has 3 nitrogen and oxygen atoms in total. The third kappa shape index (κ3) is 1.49. The molecule has 2 aromatic carbocycles. The molecule has 0 fully saturated rings. The Morgan fingerprint density at radius 2 is 1.67 bits per heavy atom. The molecule has 1 heterocycles. The van der Waals surface area contributed by atoms with Gasteiger partial charge in [-0.25, -0.2) is 4.98 Å². The van der Waals surface area contributed by atoms with Gasteiger partial charge >= 0.3 is 0 Å². The van der Waals surface area contributed by atoms with Crippen molar-refractivity contribution in [2.45, 2.75) is 6.92 Å². The van der Waals surface area contributed by atoms with Gasteiger partial charge in [0.2, 0.25) is 5.88 Å². The summed E-state index contributed by atoms with van der Waals surface area (Å²) in [6, 6.07) is 13.4. The fourth-order valence-electron chi connectivity index (χ4n) is 3.09. The van der Waals surface area contributed by atoms with E-state index >= 15 is 0 Å². The highest BCUT2D eigenvalue weighted by molar-refractivity contribution is 6.25. The molecule has 3 aromatic rings. The molecular weight excluding hydrogens is 262 g/mol. The normalized spacial score (nSPS) is 12.4. The average molecular weight is 275 g/mol. The summed E-state index contributed by atoms with van der Waals surface area (Å²) in [4.78, 5) is 17.4. The van der Waals surface area contributed by atoms with Gasteiger partial charge < -0.3 is 4.74 Å². The molecule has 0 atom stereocenters. The van der Waals surface area contributed by atoms with Gasteiger partial charge in [-0.1, -0.05) is 42.5 Å². The molecule has 0 saturated heterocycles. The molecular formula is C18H13NO2. The Balaban J connectivity index is 2.26. The van der Waals surface area contributed by atoms with Gasteiger partial charge in [-0.05, 0) is 12.3 Å². The molecule has 4 rings (SSSR count). The van der Waals surface area contributed by atoms with Gasteiger partial charge in [0.25, 0.3) is 0 Å². The van der Waals surface area contributed by atoms with Gasteiger partial charge in [-0.15, -0.1) is 0 Å². The van der Waals surface area contributed by atoms with E-state index in [9.17, 15) is 4.79 Å². The van der Waals surface area contributed by atoms with Crippen molar-refractivity contribution in [3.63, 3.8) is 0 Å². The first kappa shape index (κ1) is 12.1. The monoisotopic (exact) mass is 275 g/mol. The van der Waals surface area contributed by atoms with Crippen LogP contribution in [0.25, 0.3) is 22.0 Å². The van der Waals surface area contributed by atoms with Crippen LogP contribution in [0.2, 0.25) is 0 Å². The number of aryl methyl sites for hydroxylation is 1. The lowest BCUT2D eigenvalue weighted by Crippen LogP contribution is -2.11. The van der Waals surface area contributed by atoms with Crippen molar-refractivity contribution in [1.29, 1.82) is 0 Å². The van der Waals surface area contributed by atoms with E-state index in [0.717, 1.165) is 33.2 Å². The van der Waals surface area contributed by atoms with Gasteiger partial charge in [0, 0.05) is 27.6 Å². The summed E-state index contributed by atoms with van der Waals surface area (Å²) in [6.07, 6.45) is 0. The second kappa shape index (κ2) is 4.16. The molecule has 21 heavy (non-hydrogen) atoms. The van der Waals surface area contributed by atoms with Gasteiger partial charge in [-0.2, -0.15) is 0 Å². The minimum atomic E-state index is 0.0649. The van der Waals surface area contributed by atoms with E-state index in [1.165, 1.54) is 0 Å². The van der Waals surface area contributed by atoms with Crippen LogP contribution >= 0.6 is 0 Å². The molecule has 102 valence electrons. The standard InChI is InChI=1S/C18H13NO2/c1-10-11-8-5-9-14-15(11)16(19-18(10)21-2)12-6-3-4-7-13(12)17(14)20/h3-9H,1-2H3. The number of fused-ring (bicyclic) bond motifs is 2. The summed E-state index contributed by atoms with van der Waals surface area (Å²) in [6.45, 7) is 1.97. The second-order valence-electron chi connectivity index (χ2n) is 5.20. The van der Waals surface area contributed by atoms with Crippen LogP contribution in [-0.4, -0.2) is 17.9 Å². The Labute approximate surface area is 122 Å². The number of benzene rings is 2. The number of hydrogen-bond donors (Lipinski definition) is 0. The molecule has 3 heteroatoms. The molecule has 1 aromatic heterocycles. The Bertz CT molecular complexity index is 912. The molecule has 0 aliphatic heterocycles. The van der Waals surface area contributed by atoms with Crippen LogP contribution in [0, 0.1) is 6.92 Å². The van der Waals surface area contributed by atoms with E-state index in [4.69, 9.17) is 4.74 Å². The van der Waals surface area contributed by atoms with E-state index in [-0.39, 0.29) is 5.78 Å². The van der Waals surface area contributed by atoms with Crippen molar-refractivity contribution in [3.8, 4) is 17.1 Å². The summed E-state index contributed by atoms with van der Waals surface area (Å²) in [5.41, 5.74) is 4.10. The Hall–Kier alpha value is -2.68. The quantitative estimate of drug-likeness (QED) is 0.531. The third-order valence-electron chi connectivity index (χ3n) is 4.10. The molecule has 0 radical (unpaired) electrons. The number of hydrogen-bond acceptors (Lipinski definition) is 3. The maximum atomic E-state index is 12.7. The smallest absolute Gasteiger partial charge is 0.217 e. The lowest BCUT2D eigenvalue weighted by atomic mass is 9.85. The number of ketones is 1. The van der Waals surface area contributed by atoms with E-state index < -0.39 is 0 Å². The lowest BCUT2D eigenvalue weighted by molar-refractivity contribution is 0.104. The van der Waals surface area contributed by atoms with E-state index in [1.807, 2.05) is 49.4 Å². The second-order valence-corrected chi connectivity index (χ2v) is 5.20. The van der Waals surface area contributed by atoms with Crippen LogP contribution in [-0.2, 0) is 0 Å². The zero-order valence-corrected chi connectivity index (χ0v) is 11.8. The van der Waals surface area contributed by atoms with Crippen molar-refractivity contribution in [3.05, 3.63) is 59.2 Å². The Kier molecular flexibility index (Phi) is 2.39. The van der Waals surface area contributed by atoms with Crippen LogP contribution in [0.5, 0.6) is 5.88 Å². The summed E-state index contributed by atoms with van der Waals surface area (Å²) in [5, 5.41) is 1.96. The fraction of sp³-hybridized carbons (Fsp3) is 0.111. The largest absolute Gasteiger partial charge is 0.481 e. The summed E-state index contributed by atoms with van der Waals surface area (Å²) >= 11 is 0. The highest BCUT2D eigenvalue weighted by atomic mass is 16.5. The first-order valence-corrected chi connectivity index (χ1v) is 6.84. The van der Waals surface area contributed by atoms with Crippen molar-refractivity contribution >= 4 is 16.6 Å². The molecule has 0 unspecified atom stereocenters. The van der Waals surface area contributed by atoms with Crippen LogP contribution in [0.1, 0.15) is 21.5 Å². The zero-order chi connectivity index (χ0) is 14.6. The number of carbonyl (C=O) groups excluding carboxylic acids is 1. The highest BCUT2D eigenvalue weighted by Crippen LogP contribution is 2.41. The van der Waals surface area contributed by atoms with Crippen LogP contribution in [0.3, 0.4) is 0 Å². The predicted molar refractivity (Wildman–Crippen MR) is 81.9 cm³/mol. The first-order valence-electron chi connectivity index (χ1n) is 6.84. The minimum absolute atomic E-state index is 0.0649. The lowest BCUT2D eigenvalue weighted by Gasteiger charge is -2.20. The molecule has 1 aliphatic rings. The van der Waals surface area contributed by atoms with Gasteiger partial charge in [0.05, 0.1) is 12.8 Å². The van der Waals surface area contributed by atoms with Crippen LogP contribution in [0.15, 0.2) is 42.5 Å². The Morgan fingerprint density at radius 3 is 2.43 bits per heavy atom. The van der Waals surface area contributed by atoms with E-state index in [0.29, 0.717) is 11.4 Å². The van der Waals surface area contributed by atoms with Gasteiger partial charge in [0.1, 0.15) is 0 Å². The summed E-state index contributed by atoms with van der Waals surface area (Å²) in [7, 11) is 1.62. The van der Waals surface area contributed by atoms with E-state index in [2.05, 4.69) is 4.98 Å². The zero-order valence-electron chi connectivity index (χ0n) is 11.8. The third-order valence-corrected chi connectivity index (χ3v) is 4.10. The molecule has 0 spiro atoms. The average Bonchev–Trinajstić information content (AvgIpc) is 2.54. The molecule has 0 bridgehead atoms. The maximum Gasteiger partial charge on any atom is 0.217 e. The van der Waals surface area contributed by atoms with E-state index in [1.54, 1.807) is 7.11 Å². The highest BCUT2D eigenvalue weighted by Gasteiger charge is 2.27. The number of nitrogens with zero attached hydrogens (tertiary/aromatic N) is 1. The topological polar surface area (TPSA) is 39.2 Å². The SMILES string of the molecule is COc1nc2c3c(cccc3c1C)C(=O)c1ccccc1-2. The van der Waals surface area contributed by atoms with Crippen LogP contribution in [0.4, 0.5) is 0 Å². The number of carbonyl (C=O) groups is 1. The first-order chi connectivity index (χ1) is 10.2. The summed E-state index contributed by atoms with van der Waals surface area (Å²) < 4.78 is 5.41.